The Morgan fingerprint density at radius 1 is 1.23 bits per heavy atom. The van der Waals surface area contributed by atoms with Gasteiger partial charge in [-0.1, -0.05) is 33.6 Å². The summed E-state index contributed by atoms with van der Waals surface area (Å²) in [6.45, 7) is 6.83. The van der Waals surface area contributed by atoms with Crippen molar-refractivity contribution in [2.75, 3.05) is 0 Å². The van der Waals surface area contributed by atoms with E-state index in [0.29, 0.717) is 11.8 Å². The SMILES string of the molecule is CCCC(C)(C)CCCCC(=O)S. The zero-order valence-electron chi connectivity index (χ0n) is 9.10. The topological polar surface area (TPSA) is 17.1 Å². The monoisotopic (exact) mass is 202 g/mol. The van der Waals surface area contributed by atoms with Crippen LogP contribution in [-0.2, 0) is 4.79 Å². The smallest absolute Gasteiger partial charge is 0.185 e. The molecule has 78 valence electrons. The molecule has 13 heavy (non-hydrogen) atoms. The van der Waals surface area contributed by atoms with Crippen molar-refractivity contribution >= 4 is 17.7 Å². The van der Waals surface area contributed by atoms with E-state index in [1.807, 2.05) is 0 Å². The van der Waals surface area contributed by atoms with Crippen LogP contribution in [0, 0.1) is 5.41 Å². The van der Waals surface area contributed by atoms with Gasteiger partial charge in [-0.15, -0.1) is 12.6 Å². The molecule has 0 fully saturated rings. The molecule has 0 aliphatic heterocycles. The van der Waals surface area contributed by atoms with Gasteiger partial charge in [-0.05, 0) is 24.7 Å². The van der Waals surface area contributed by atoms with E-state index in [4.69, 9.17) is 0 Å². The Morgan fingerprint density at radius 3 is 2.31 bits per heavy atom. The first-order chi connectivity index (χ1) is 5.98. The first-order valence-corrected chi connectivity index (χ1v) is 5.64. The summed E-state index contributed by atoms with van der Waals surface area (Å²) in [4.78, 5) is 10.6. The molecule has 0 aromatic rings. The molecule has 0 bridgehead atoms. The van der Waals surface area contributed by atoms with E-state index in [-0.39, 0.29) is 5.12 Å². The van der Waals surface area contributed by atoms with E-state index in [9.17, 15) is 4.79 Å². The van der Waals surface area contributed by atoms with Crippen LogP contribution >= 0.6 is 12.6 Å². The fourth-order valence-corrected chi connectivity index (χ4v) is 1.84. The molecule has 1 nitrogen and oxygen atoms in total. The van der Waals surface area contributed by atoms with Gasteiger partial charge in [0.25, 0.3) is 0 Å². The fourth-order valence-electron chi connectivity index (χ4n) is 1.68. The molecule has 0 aromatic heterocycles. The molecule has 0 N–H and O–H groups in total. The third-order valence-corrected chi connectivity index (χ3v) is 2.64. The van der Waals surface area contributed by atoms with Crippen LogP contribution in [0.3, 0.4) is 0 Å². The molecule has 0 radical (unpaired) electrons. The summed E-state index contributed by atoms with van der Waals surface area (Å²) in [6, 6.07) is 0. The minimum Gasteiger partial charge on any atom is -0.288 e. The Bertz CT molecular complexity index is 152. The quantitative estimate of drug-likeness (QED) is 0.490. The minimum absolute atomic E-state index is 0.0216. The number of carbonyl (C=O) groups excluding carboxylic acids is 1. The van der Waals surface area contributed by atoms with Gasteiger partial charge < -0.3 is 0 Å². The molecule has 0 heterocycles. The Balaban J connectivity index is 3.45. The summed E-state index contributed by atoms with van der Waals surface area (Å²) in [7, 11) is 0. The summed E-state index contributed by atoms with van der Waals surface area (Å²) < 4.78 is 0. The Hall–Kier alpha value is 0.0200. The van der Waals surface area contributed by atoms with Crippen molar-refractivity contribution in [3.8, 4) is 0 Å². The fraction of sp³-hybridized carbons (Fsp3) is 0.909. The van der Waals surface area contributed by atoms with Gasteiger partial charge in [0, 0.05) is 6.42 Å². The normalized spacial score (nSPS) is 11.7. The van der Waals surface area contributed by atoms with Gasteiger partial charge in [-0.2, -0.15) is 0 Å². The molecule has 0 unspecified atom stereocenters. The standard InChI is InChI=1S/C11H22OS/c1-4-8-11(2,3)9-6-5-7-10(12)13/h4-9H2,1-3H3,(H,12,13). The highest BCUT2D eigenvalue weighted by molar-refractivity contribution is 7.96. The lowest BCUT2D eigenvalue weighted by atomic mass is 9.83. The molecule has 0 spiro atoms. The van der Waals surface area contributed by atoms with Gasteiger partial charge in [-0.3, -0.25) is 4.79 Å². The molecular formula is C11H22OS. The molecule has 0 aliphatic rings. The summed E-state index contributed by atoms with van der Waals surface area (Å²) in [5.41, 5.74) is 0.453. The van der Waals surface area contributed by atoms with Crippen molar-refractivity contribution in [2.24, 2.45) is 5.41 Å². The average Bonchev–Trinajstić information content (AvgIpc) is 1.98. The molecule has 0 atom stereocenters. The summed E-state index contributed by atoms with van der Waals surface area (Å²) in [5, 5.41) is 0.0216. The summed E-state index contributed by atoms with van der Waals surface area (Å²) in [5.74, 6) is 0. The number of carbonyl (C=O) groups is 1. The van der Waals surface area contributed by atoms with E-state index in [1.165, 1.54) is 19.3 Å². The Morgan fingerprint density at radius 2 is 1.85 bits per heavy atom. The Kier molecular flexibility index (Phi) is 6.48. The van der Waals surface area contributed by atoms with Crippen LogP contribution in [-0.4, -0.2) is 5.12 Å². The molecule has 0 aromatic carbocycles. The van der Waals surface area contributed by atoms with E-state index in [1.54, 1.807) is 0 Å². The lowest BCUT2D eigenvalue weighted by Gasteiger charge is -2.23. The summed E-state index contributed by atoms with van der Waals surface area (Å²) in [6.07, 6.45) is 6.53. The number of unbranched alkanes of at least 4 members (excludes halogenated alkanes) is 1. The van der Waals surface area contributed by atoms with E-state index in [2.05, 4.69) is 33.4 Å². The third-order valence-electron chi connectivity index (χ3n) is 2.42. The van der Waals surface area contributed by atoms with Crippen molar-refractivity contribution in [1.29, 1.82) is 0 Å². The van der Waals surface area contributed by atoms with Crippen LogP contribution < -0.4 is 0 Å². The van der Waals surface area contributed by atoms with Crippen LogP contribution in [0.15, 0.2) is 0 Å². The average molecular weight is 202 g/mol. The maximum atomic E-state index is 10.6. The third kappa shape index (κ3) is 8.35. The van der Waals surface area contributed by atoms with Gasteiger partial charge in [0.05, 0.1) is 0 Å². The molecule has 0 amide bonds. The van der Waals surface area contributed by atoms with Crippen LogP contribution in [0.25, 0.3) is 0 Å². The Labute approximate surface area is 87.7 Å². The van der Waals surface area contributed by atoms with Gasteiger partial charge >= 0.3 is 0 Å². The second kappa shape index (κ2) is 6.47. The van der Waals surface area contributed by atoms with Crippen molar-refractivity contribution < 1.29 is 4.79 Å². The number of hydrogen-bond acceptors (Lipinski definition) is 1. The highest BCUT2D eigenvalue weighted by Crippen LogP contribution is 2.28. The number of hydrogen-bond donors (Lipinski definition) is 1. The number of thiol groups is 1. The van der Waals surface area contributed by atoms with Crippen molar-refractivity contribution in [2.45, 2.75) is 59.3 Å². The van der Waals surface area contributed by atoms with E-state index in [0.717, 1.165) is 12.8 Å². The lowest BCUT2D eigenvalue weighted by molar-refractivity contribution is -0.110. The molecule has 2 heteroatoms. The second-order valence-electron chi connectivity index (χ2n) is 4.52. The first-order valence-electron chi connectivity index (χ1n) is 5.20. The van der Waals surface area contributed by atoms with Crippen molar-refractivity contribution in [3.05, 3.63) is 0 Å². The largest absolute Gasteiger partial charge is 0.288 e. The van der Waals surface area contributed by atoms with Crippen molar-refractivity contribution in [3.63, 3.8) is 0 Å². The van der Waals surface area contributed by atoms with Crippen molar-refractivity contribution in [1.82, 2.24) is 0 Å². The zero-order valence-corrected chi connectivity index (χ0v) is 9.99. The van der Waals surface area contributed by atoms with Crippen LogP contribution in [0.1, 0.15) is 59.3 Å². The molecule has 0 saturated heterocycles. The molecular weight excluding hydrogens is 180 g/mol. The van der Waals surface area contributed by atoms with Crippen LogP contribution in [0.2, 0.25) is 0 Å². The molecule has 0 rings (SSSR count). The molecule has 0 saturated carbocycles. The first kappa shape index (κ1) is 13.0. The number of rotatable bonds is 7. The van der Waals surface area contributed by atoms with E-state index >= 15 is 0 Å². The zero-order chi connectivity index (χ0) is 10.3. The van der Waals surface area contributed by atoms with Gasteiger partial charge in [0.15, 0.2) is 5.12 Å². The maximum Gasteiger partial charge on any atom is 0.185 e. The van der Waals surface area contributed by atoms with Gasteiger partial charge in [0.2, 0.25) is 0 Å². The summed E-state index contributed by atoms with van der Waals surface area (Å²) >= 11 is 3.75. The van der Waals surface area contributed by atoms with Crippen LogP contribution in [0.5, 0.6) is 0 Å². The lowest BCUT2D eigenvalue weighted by Crippen LogP contribution is -2.10. The second-order valence-corrected chi connectivity index (χ2v) is 5.01. The maximum absolute atomic E-state index is 10.6. The molecule has 0 aliphatic carbocycles. The van der Waals surface area contributed by atoms with E-state index < -0.39 is 0 Å². The predicted octanol–water partition coefficient (Wildman–Crippen LogP) is 3.83. The van der Waals surface area contributed by atoms with Gasteiger partial charge in [0.1, 0.15) is 0 Å². The van der Waals surface area contributed by atoms with Crippen LogP contribution in [0.4, 0.5) is 0 Å². The van der Waals surface area contributed by atoms with Gasteiger partial charge in [-0.25, -0.2) is 0 Å². The minimum atomic E-state index is 0.0216. The highest BCUT2D eigenvalue weighted by atomic mass is 32.1. The highest BCUT2D eigenvalue weighted by Gasteiger charge is 2.15. The predicted molar refractivity (Wildman–Crippen MR) is 61.2 cm³/mol.